The highest BCUT2D eigenvalue weighted by Gasteiger charge is 2.30. The van der Waals surface area contributed by atoms with Gasteiger partial charge in [-0.3, -0.25) is 4.79 Å². The zero-order valence-corrected chi connectivity index (χ0v) is 17.5. The molecule has 1 N–H and O–H groups in total. The number of imidazole rings is 1. The van der Waals surface area contributed by atoms with Gasteiger partial charge in [0.15, 0.2) is 0 Å². The minimum atomic E-state index is -3.70. The van der Waals surface area contributed by atoms with Crippen molar-refractivity contribution < 1.29 is 13.2 Å². The number of aromatic nitrogens is 2. The van der Waals surface area contributed by atoms with Crippen molar-refractivity contribution >= 4 is 32.7 Å². The summed E-state index contributed by atoms with van der Waals surface area (Å²) >= 11 is 0. The van der Waals surface area contributed by atoms with Gasteiger partial charge in [-0.15, -0.1) is 0 Å². The fraction of sp³-hybridized carbons (Fsp3) is 0.333. The van der Waals surface area contributed by atoms with E-state index >= 15 is 0 Å². The van der Waals surface area contributed by atoms with Crippen molar-refractivity contribution in [2.24, 2.45) is 0 Å². The average molecular weight is 413 g/mol. The molecule has 0 aliphatic carbocycles. The van der Waals surface area contributed by atoms with E-state index in [-0.39, 0.29) is 23.4 Å². The predicted molar refractivity (Wildman–Crippen MR) is 112 cm³/mol. The molecule has 1 atom stereocenters. The van der Waals surface area contributed by atoms with Crippen molar-refractivity contribution in [2.45, 2.75) is 51.2 Å². The molecule has 0 saturated heterocycles. The van der Waals surface area contributed by atoms with Crippen LogP contribution >= 0.6 is 0 Å². The van der Waals surface area contributed by atoms with Gasteiger partial charge >= 0.3 is 0 Å². The Balaban J connectivity index is 1.59. The maximum Gasteiger partial charge on any atom is 0.240 e. The van der Waals surface area contributed by atoms with Crippen molar-refractivity contribution in [1.82, 2.24) is 14.3 Å². The Morgan fingerprint density at radius 2 is 2.00 bits per heavy atom. The summed E-state index contributed by atoms with van der Waals surface area (Å²) in [5.41, 5.74) is 3.49. The van der Waals surface area contributed by atoms with Crippen LogP contribution < -0.4 is 9.62 Å². The first kappa shape index (κ1) is 19.6. The molecule has 8 heteroatoms. The third-order valence-electron chi connectivity index (χ3n) is 5.39. The van der Waals surface area contributed by atoms with Crippen LogP contribution in [-0.4, -0.2) is 29.9 Å². The molecule has 0 bridgehead atoms. The summed E-state index contributed by atoms with van der Waals surface area (Å²) in [5.74, 6) is 0.637. The van der Waals surface area contributed by atoms with Gasteiger partial charge in [0.2, 0.25) is 15.9 Å². The van der Waals surface area contributed by atoms with Crippen molar-refractivity contribution in [3.8, 4) is 0 Å². The number of carbonyl (C=O) groups excluding carboxylic acids is 1. The monoisotopic (exact) mass is 412 g/mol. The molecule has 2 heterocycles. The molecule has 0 unspecified atom stereocenters. The number of nitrogens with zero attached hydrogens (tertiary/aromatic N) is 3. The molecule has 29 heavy (non-hydrogen) atoms. The Morgan fingerprint density at radius 1 is 1.24 bits per heavy atom. The summed E-state index contributed by atoms with van der Waals surface area (Å²) in [7, 11) is -3.70. The van der Waals surface area contributed by atoms with E-state index in [2.05, 4.69) is 9.71 Å². The summed E-state index contributed by atoms with van der Waals surface area (Å²) in [6.45, 7) is 6.31. The summed E-state index contributed by atoms with van der Waals surface area (Å²) < 4.78 is 30.5. The van der Waals surface area contributed by atoms with Crippen LogP contribution in [0.25, 0.3) is 11.0 Å². The first-order valence-corrected chi connectivity index (χ1v) is 11.2. The van der Waals surface area contributed by atoms with E-state index in [0.717, 1.165) is 22.3 Å². The van der Waals surface area contributed by atoms with E-state index < -0.39 is 10.0 Å². The molecule has 0 fully saturated rings. The molecule has 0 saturated carbocycles. The Hall–Kier alpha value is -2.71. The van der Waals surface area contributed by atoms with Gasteiger partial charge in [0, 0.05) is 25.2 Å². The first-order valence-electron chi connectivity index (χ1n) is 9.68. The Kier molecular flexibility index (Phi) is 4.92. The maximum absolute atomic E-state index is 12.9. The molecule has 0 radical (unpaired) electrons. The fourth-order valence-corrected chi connectivity index (χ4v) is 5.14. The van der Waals surface area contributed by atoms with E-state index in [0.29, 0.717) is 18.8 Å². The number of rotatable bonds is 5. The van der Waals surface area contributed by atoms with Crippen LogP contribution in [0.2, 0.25) is 0 Å². The number of nitrogens with one attached hydrogen (secondary N) is 1. The van der Waals surface area contributed by atoms with Gasteiger partial charge in [0.25, 0.3) is 0 Å². The van der Waals surface area contributed by atoms with Gasteiger partial charge in [0.1, 0.15) is 5.82 Å². The second-order valence-corrected chi connectivity index (χ2v) is 9.09. The highest BCUT2D eigenvalue weighted by atomic mass is 32.2. The number of hydrogen-bond acceptors (Lipinski definition) is 4. The van der Waals surface area contributed by atoms with E-state index in [1.165, 1.54) is 6.92 Å². The lowest BCUT2D eigenvalue weighted by atomic mass is 10.1. The van der Waals surface area contributed by atoms with Gasteiger partial charge < -0.3 is 9.47 Å². The van der Waals surface area contributed by atoms with E-state index in [1.54, 1.807) is 23.1 Å². The maximum atomic E-state index is 12.9. The zero-order chi connectivity index (χ0) is 20.8. The summed E-state index contributed by atoms with van der Waals surface area (Å²) in [6, 6.07) is 12.7. The van der Waals surface area contributed by atoms with Crippen LogP contribution in [0.15, 0.2) is 47.4 Å². The largest absolute Gasteiger partial charge is 0.327 e. The molecule has 1 aromatic heterocycles. The molecule has 4 rings (SSSR count). The van der Waals surface area contributed by atoms with E-state index in [1.807, 2.05) is 42.7 Å². The molecular formula is C21H24N4O3S. The molecule has 2 aromatic carbocycles. The Labute approximate surface area is 170 Å². The average Bonchev–Trinajstić information content (AvgIpc) is 3.21. The number of carbonyl (C=O) groups is 1. The van der Waals surface area contributed by atoms with Crippen LogP contribution in [0.4, 0.5) is 5.69 Å². The van der Waals surface area contributed by atoms with Crippen molar-refractivity contribution in [1.29, 1.82) is 0 Å². The van der Waals surface area contributed by atoms with Gasteiger partial charge in [-0.25, -0.2) is 18.1 Å². The van der Waals surface area contributed by atoms with Crippen LogP contribution in [0, 0.1) is 0 Å². The molecule has 3 aromatic rings. The normalized spacial score (nSPS) is 16.4. The van der Waals surface area contributed by atoms with E-state index in [4.69, 9.17) is 0 Å². The second-order valence-electron chi connectivity index (χ2n) is 7.32. The number of para-hydroxylation sites is 2. The van der Waals surface area contributed by atoms with Crippen LogP contribution in [0.3, 0.4) is 0 Å². The second kappa shape index (κ2) is 7.27. The number of anilines is 1. The number of sulfonamides is 1. The summed E-state index contributed by atoms with van der Waals surface area (Å²) in [4.78, 5) is 18.4. The van der Waals surface area contributed by atoms with Crippen LogP contribution in [0.5, 0.6) is 0 Å². The molecule has 152 valence electrons. The Bertz CT molecular complexity index is 1200. The molecule has 1 aliphatic heterocycles. The lowest BCUT2D eigenvalue weighted by Gasteiger charge is -2.20. The summed E-state index contributed by atoms with van der Waals surface area (Å²) in [6.07, 6.45) is 0.643. The third kappa shape index (κ3) is 3.42. The molecule has 7 nitrogen and oxygen atoms in total. The highest BCUT2D eigenvalue weighted by Crippen LogP contribution is 2.33. The van der Waals surface area contributed by atoms with Gasteiger partial charge in [-0.05, 0) is 56.2 Å². The molecule has 0 spiro atoms. The van der Waals surface area contributed by atoms with Crippen LogP contribution in [-0.2, 0) is 34.3 Å². The lowest BCUT2D eigenvalue weighted by molar-refractivity contribution is -0.116. The van der Waals surface area contributed by atoms with E-state index in [9.17, 15) is 13.2 Å². The molecule has 1 amide bonds. The topological polar surface area (TPSA) is 84.3 Å². The summed E-state index contributed by atoms with van der Waals surface area (Å²) in [5, 5.41) is 0. The fourth-order valence-electron chi connectivity index (χ4n) is 4.11. The molecule has 1 aliphatic rings. The van der Waals surface area contributed by atoms with Gasteiger partial charge in [0.05, 0.1) is 22.5 Å². The standard InChI is InChI=1S/C21H24N4O3S/c1-4-24-20-8-6-5-7-18(20)23-21(24)13-22-29(27,28)17-9-10-19-16(12-17)11-14(2)25(19)15(3)26/h5-10,12,14,22H,4,11,13H2,1-3H3/t14-/m1/s1. The zero-order valence-electron chi connectivity index (χ0n) is 16.7. The van der Waals surface area contributed by atoms with Crippen molar-refractivity contribution in [3.05, 3.63) is 53.9 Å². The SMILES string of the molecule is CCn1c(CNS(=O)(=O)c2ccc3c(c2)C[C@@H](C)N3C(C)=O)nc2ccccc21. The predicted octanol–water partition coefficient (Wildman–Crippen LogP) is 2.83. The third-order valence-corrected chi connectivity index (χ3v) is 6.79. The highest BCUT2D eigenvalue weighted by molar-refractivity contribution is 7.89. The Morgan fingerprint density at radius 3 is 2.72 bits per heavy atom. The molecular weight excluding hydrogens is 388 g/mol. The number of hydrogen-bond donors (Lipinski definition) is 1. The number of aryl methyl sites for hydroxylation is 1. The van der Waals surface area contributed by atoms with Crippen molar-refractivity contribution in [2.75, 3.05) is 4.90 Å². The smallest absolute Gasteiger partial charge is 0.240 e. The first-order chi connectivity index (χ1) is 13.8. The number of fused-ring (bicyclic) bond motifs is 2. The lowest BCUT2D eigenvalue weighted by Crippen LogP contribution is -2.33. The number of benzene rings is 2. The minimum absolute atomic E-state index is 0.0258. The number of amides is 1. The van der Waals surface area contributed by atoms with Crippen molar-refractivity contribution in [3.63, 3.8) is 0 Å². The quantitative estimate of drug-likeness (QED) is 0.698. The minimum Gasteiger partial charge on any atom is -0.327 e. The van der Waals surface area contributed by atoms with Crippen LogP contribution in [0.1, 0.15) is 32.2 Å². The van der Waals surface area contributed by atoms with Gasteiger partial charge in [-0.1, -0.05) is 12.1 Å². The van der Waals surface area contributed by atoms with Gasteiger partial charge in [-0.2, -0.15) is 0 Å².